The third-order valence-electron chi connectivity index (χ3n) is 2.33. The molecular weight excluding hydrogens is 280 g/mol. The Hall–Kier alpha value is -1.72. The molecule has 5 heteroatoms. The zero-order valence-electron chi connectivity index (χ0n) is 10.3. The second-order valence-corrected chi connectivity index (χ2v) is 5.71. The molecule has 0 unspecified atom stereocenters. The summed E-state index contributed by atoms with van der Waals surface area (Å²) in [5.74, 6) is -0.366. The van der Waals surface area contributed by atoms with Crippen LogP contribution in [-0.4, -0.2) is 18.9 Å². The van der Waals surface area contributed by atoms with Gasteiger partial charge in [0.25, 0.3) is 0 Å². The average molecular weight is 292 g/mol. The first-order chi connectivity index (χ1) is 9.24. The molecule has 2 rings (SSSR count). The fourth-order valence-electron chi connectivity index (χ4n) is 1.52. The van der Waals surface area contributed by atoms with Crippen molar-refractivity contribution in [2.75, 3.05) is 6.61 Å². The average Bonchev–Trinajstić information content (AvgIpc) is 3.07. The fraction of sp³-hybridized carbons (Fsp3) is 0.143. The van der Waals surface area contributed by atoms with Crippen LogP contribution in [0.15, 0.2) is 29.6 Å². The van der Waals surface area contributed by atoms with Crippen molar-refractivity contribution < 1.29 is 14.3 Å². The van der Waals surface area contributed by atoms with Crippen LogP contribution < -0.4 is 0 Å². The highest BCUT2D eigenvalue weighted by molar-refractivity contribution is 7.15. The molecule has 98 valence electrons. The Kier molecular flexibility index (Phi) is 4.65. The third-order valence-corrected chi connectivity index (χ3v) is 4.20. The first-order valence-electron chi connectivity index (χ1n) is 5.72. The Balaban J connectivity index is 2.39. The monoisotopic (exact) mass is 292 g/mol. The van der Waals surface area contributed by atoms with Gasteiger partial charge in [0.1, 0.15) is 0 Å². The number of hydrogen-bond acceptors (Lipinski definition) is 5. The zero-order chi connectivity index (χ0) is 13.7. The smallest absolute Gasteiger partial charge is 0.339 e. The largest absolute Gasteiger partial charge is 0.462 e. The van der Waals surface area contributed by atoms with Crippen molar-refractivity contribution >= 4 is 46.6 Å². The molecular formula is C14H12O3S2. The van der Waals surface area contributed by atoms with E-state index in [2.05, 4.69) is 0 Å². The second-order valence-electron chi connectivity index (χ2n) is 3.61. The lowest BCUT2D eigenvalue weighted by Gasteiger charge is -2.04. The quantitative estimate of drug-likeness (QED) is 0.479. The summed E-state index contributed by atoms with van der Waals surface area (Å²) in [6, 6.07) is 7.32. The molecule has 2 aromatic heterocycles. The van der Waals surface area contributed by atoms with Crippen LogP contribution in [0.4, 0.5) is 0 Å². The lowest BCUT2D eigenvalue weighted by Crippen LogP contribution is -2.05. The maximum atomic E-state index is 12.0. The summed E-state index contributed by atoms with van der Waals surface area (Å²) in [6.07, 6.45) is 2.57. The van der Waals surface area contributed by atoms with Crippen molar-refractivity contribution in [2.24, 2.45) is 0 Å². The topological polar surface area (TPSA) is 43.4 Å². The fourth-order valence-corrected chi connectivity index (χ4v) is 3.00. The Morgan fingerprint density at radius 2 is 2.16 bits per heavy atom. The lowest BCUT2D eigenvalue weighted by molar-refractivity contribution is -0.136. The minimum atomic E-state index is -0.366. The van der Waals surface area contributed by atoms with Gasteiger partial charge in [-0.05, 0) is 36.6 Å². The van der Waals surface area contributed by atoms with Gasteiger partial charge < -0.3 is 4.74 Å². The van der Waals surface area contributed by atoms with E-state index in [0.29, 0.717) is 17.1 Å². The second kappa shape index (κ2) is 6.45. The number of esters is 1. The highest BCUT2D eigenvalue weighted by Crippen LogP contribution is 2.27. The molecule has 3 nitrogen and oxygen atoms in total. The van der Waals surface area contributed by atoms with Crippen molar-refractivity contribution in [2.45, 2.75) is 6.92 Å². The van der Waals surface area contributed by atoms with E-state index in [1.807, 2.05) is 17.5 Å². The number of thiophene rings is 2. The summed E-state index contributed by atoms with van der Waals surface area (Å²) >= 11 is 2.83. The SMILES string of the molecule is CCOC(=O)/C(=C/c1cccs1)c1ccc(C=O)s1. The molecule has 0 radical (unpaired) electrons. The van der Waals surface area contributed by atoms with Crippen LogP contribution in [0.25, 0.3) is 11.6 Å². The van der Waals surface area contributed by atoms with E-state index in [9.17, 15) is 9.59 Å². The zero-order valence-corrected chi connectivity index (χ0v) is 11.9. The van der Waals surface area contributed by atoms with E-state index < -0.39 is 0 Å². The van der Waals surface area contributed by atoms with Gasteiger partial charge in [-0.2, -0.15) is 0 Å². The summed E-state index contributed by atoms with van der Waals surface area (Å²) in [4.78, 5) is 25.0. The number of hydrogen-bond donors (Lipinski definition) is 0. The summed E-state index contributed by atoms with van der Waals surface area (Å²) in [5.41, 5.74) is 0.488. The van der Waals surface area contributed by atoms with E-state index in [-0.39, 0.29) is 5.97 Å². The van der Waals surface area contributed by atoms with Gasteiger partial charge in [0.05, 0.1) is 17.1 Å². The normalized spacial score (nSPS) is 11.3. The predicted octanol–water partition coefficient (Wildman–Crippen LogP) is 3.73. The predicted molar refractivity (Wildman–Crippen MR) is 78.5 cm³/mol. The summed E-state index contributed by atoms with van der Waals surface area (Å²) in [5, 5.41) is 1.94. The molecule has 0 N–H and O–H groups in total. The molecule has 19 heavy (non-hydrogen) atoms. The van der Waals surface area contributed by atoms with Gasteiger partial charge in [-0.25, -0.2) is 4.79 Å². The van der Waals surface area contributed by atoms with E-state index in [0.717, 1.165) is 16.0 Å². The molecule has 0 aromatic carbocycles. The Morgan fingerprint density at radius 1 is 1.32 bits per heavy atom. The molecule has 0 atom stereocenters. The number of rotatable bonds is 5. The number of carbonyl (C=O) groups excluding carboxylic acids is 2. The molecule has 2 aromatic rings. The Labute approximate surface area is 119 Å². The van der Waals surface area contributed by atoms with Gasteiger partial charge in [-0.3, -0.25) is 4.79 Å². The molecule has 0 aliphatic rings. The third kappa shape index (κ3) is 3.39. The highest BCUT2D eigenvalue weighted by Gasteiger charge is 2.15. The van der Waals surface area contributed by atoms with E-state index in [1.54, 1.807) is 36.5 Å². The highest BCUT2D eigenvalue weighted by atomic mass is 32.1. The van der Waals surface area contributed by atoms with Crippen molar-refractivity contribution in [1.29, 1.82) is 0 Å². The van der Waals surface area contributed by atoms with Gasteiger partial charge in [0.2, 0.25) is 0 Å². The minimum Gasteiger partial charge on any atom is -0.462 e. The van der Waals surface area contributed by atoms with Gasteiger partial charge >= 0.3 is 5.97 Å². The van der Waals surface area contributed by atoms with Gasteiger partial charge in [0.15, 0.2) is 6.29 Å². The number of carbonyl (C=O) groups is 2. The number of ether oxygens (including phenoxy) is 1. The number of aldehydes is 1. The summed E-state index contributed by atoms with van der Waals surface area (Å²) in [7, 11) is 0. The van der Waals surface area contributed by atoms with Crippen LogP contribution in [0.1, 0.15) is 26.3 Å². The summed E-state index contributed by atoms with van der Waals surface area (Å²) in [6.45, 7) is 2.10. The van der Waals surface area contributed by atoms with Crippen LogP contribution in [-0.2, 0) is 9.53 Å². The van der Waals surface area contributed by atoms with Crippen molar-refractivity contribution in [3.63, 3.8) is 0 Å². The first-order valence-corrected chi connectivity index (χ1v) is 7.42. The van der Waals surface area contributed by atoms with E-state index in [1.165, 1.54) is 11.3 Å². The van der Waals surface area contributed by atoms with Crippen molar-refractivity contribution in [1.82, 2.24) is 0 Å². The molecule has 0 aliphatic heterocycles. The van der Waals surface area contributed by atoms with Crippen molar-refractivity contribution in [3.05, 3.63) is 44.3 Å². The standard InChI is InChI=1S/C14H12O3S2/c1-2-17-14(16)12(8-10-4-3-7-18-10)13-6-5-11(9-15)19-13/h3-9H,2H2,1H3/b12-8+. The van der Waals surface area contributed by atoms with Crippen LogP contribution in [0.5, 0.6) is 0 Å². The summed E-state index contributed by atoms with van der Waals surface area (Å²) < 4.78 is 5.07. The first kappa shape index (κ1) is 13.7. The van der Waals surface area contributed by atoms with Crippen LogP contribution in [0, 0.1) is 0 Å². The van der Waals surface area contributed by atoms with Gasteiger partial charge in [0, 0.05) is 9.75 Å². The minimum absolute atomic E-state index is 0.326. The molecule has 0 saturated carbocycles. The Bertz CT molecular complexity index is 594. The van der Waals surface area contributed by atoms with Crippen LogP contribution in [0.3, 0.4) is 0 Å². The molecule has 2 heterocycles. The van der Waals surface area contributed by atoms with Crippen LogP contribution in [0.2, 0.25) is 0 Å². The molecule has 0 aliphatic carbocycles. The molecule has 0 fully saturated rings. The van der Waals surface area contributed by atoms with Gasteiger partial charge in [-0.1, -0.05) is 6.07 Å². The maximum absolute atomic E-state index is 12.0. The molecule has 0 saturated heterocycles. The Morgan fingerprint density at radius 3 is 2.74 bits per heavy atom. The van der Waals surface area contributed by atoms with Crippen molar-refractivity contribution in [3.8, 4) is 0 Å². The molecule has 0 spiro atoms. The van der Waals surface area contributed by atoms with Crippen LogP contribution >= 0.6 is 22.7 Å². The maximum Gasteiger partial charge on any atom is 0.339 e. The van der Waals surface area contributed by atoms with Gasteiger partial charge in [-0.15, -0.1) is 22.7 Å². The molecule has 0 bridgehead atoms. The lowest BCUT2D eigenvalue weighted by atomic mass is 10.2. The van der Waals surface area contributed by atoms with E-state index in [4.69, 9.17) is 4.74 Å². The molecule has 0 amide bonds. The van der Waals surface area contributed by atoms with E-state index >= 15 is 0 Å².